The van der Waals surface area contributed by atoms with Crippen molar-refractivity contribution in [3.8, 4) is 0 Å². The molecule has 7 heteroatoms. The van der Waals surface area contributed by atoms with Crippen LogP contribution >= 0.6 is 0 Å². The largest absolute Gasteiger partial charge is 0.401 e. The molecule has 2 heterocycles. The Morgan fingerprint density at radius 1 is 1.00 bits per heavy atom. The van der Waals surface area contributed by atoms with Gasteiger partial charge < -0.3 is 25.5 Å². The zero-order valence-corrected chi connectivity index (χ0v) is 16.9. The van der Waals surface area contributed by atoms with Gasteiger partial charge in [0.15, 0.2) is 0 Å². The van der Waals surface area contributed by atoms with Gasteiger partial charge in [0.05, 0.1) is 25.3 Å². The van der Waals surface area contributed by atoms with Crippen molar-refractivity contribution in [2.24, 2.45) is 23.4 Å². The summed E-state index contributed by atoms with van der Waals surface area (Å²) in [5.41, 5.74) is 7.11. The Morgan fingerprint density at radius 2 is 1.68 bits per heavy atom. The Balaban J connectivity index is 1.29. The summed E-state index contributed by atoms with van der Waals surface area (Å²) < 4.78 is 12.0. The molecule has 7 nitrogen and oxygen atoms in total. The lowest BCUT2D eigenvalue weighted by Gasteiger charge is -2.27. The van der Waals surface area contributed by atoms with Gasteiger partial charge in [-0.05, 0) is 25.2 Å². The monoisotopic (exact) mass is 392 g/mol. The normalized spacial score (nSPS) is 34.5. The van der Waals surface area contributed by atoms with E-state index in [4.69, 9.17) is 21.1 Å². The van der Waals surface area contributed by atoms with E-state index in [9.17, 15) is 4.79 Å². The van der Waals surface area contributed by atoms with E-state index in [1.54, 1.807) is 5.01 Å². The second-order valence-corrected chi connectivity index (χ2v) is 9.12. The third kappa shape index (κ3) is 4.47. The van der Waals surface area contributed by atoms with E-state index in [0.717, 1.165) is 37.8 Å². The summed E-state index contributed by atoms with van der Waals surface area (Å²) in [6, 6.07) is -0.150. The quantitative estimate of drug-likeness (QED) is 0.470. The maximum Gasteiger partial charge on any atom is 0.223 e. The highest BCUT2D eigenvalue weighted by Crippen LogP contribution is 2.32. The van der Waals surface area contributed by atoms with Crippen molar-refractivity contribution < 1.29 is 14.3 Å². The number of nitrogens with zero attached hydrogens (tertiary/aromatic N) is 1. The van der Waals surface area contributed by atoms with Crippen LogP contribution in [0.15, 0.2) is 11.9 Å². The molecule has 0 bridgehead atoms. The molecule has 5 N–H and O–H groups in total. The van der Waals surface area contributed by atoms with Crippen molar-refractivity contribution in [1.29, 1.82) is 0 Å². The molecule has 0 aromatic heterocycles. The number of allylic oxidation sites excluding steroid dienone is 1. The summed E-state index contributed by atoms with van der Waals surface area (Å²) in [6.45, 7) is 0.980. The van der Waals surface area contributed by atoms with Crippen molar-refractivity contribution in [1.82, 2.24) is 10.3 Å². The van der Waals surface area contributed by atoms with Crippen LogP contribution in [0.3, 0.4) is 0 Å². The SMILES string of the molecule is N/C(=C\N(N)C1COC2C(NC(=O)C3CCCC3)COC21)CC1CCCCC1. The first-order chi connectivity index (χ1) is 13.6. The smallest absolute Gasteiger partial charge is 0.223 e. The van der Waals surface area contributed by atoms with Crippen LogP contribution in [0.1, 0.15) is 64.2 Å². The molecule has 28 heavy (non-hydrogen) atoms. The Labute approximate surface area is 168 Å². The molecular weight excluding hydrogens is 356 g/mol. The predicted molar refractivity (Wildman–Crippen MR) is 107 cm³/mol. The lowest BCUT2D eigenvalue weighted by Crippen LogP contribution is -2.48. The molecule has 4 fully saturated rings. The average Bonchev–Trinajstić information content (AvgIpc) is 3.41. The number of fused-ring (bicyclic) bond motifs is 1. The Bertz CT molecular complexity index is 572. The number of ether oxygens (including phenoxy) is 2. The molecule has 4 rings (SSSR count). The van der Waals surface area contributed by atoms with Gasteiger partial charge in [-0.2, -0.15) is 0 Å². The lowest BCUT2D eigenvalue weighted by molar-refractivity contribution is -0.126. The van der Waals surface area contributed by atoms with E-state index in [1.807, 2.05) is 6.20 Å². The number of rotatable bonds is 6. The first-order valence-electron chi connectivity index (χ1n) is 11.1. The first-order valence-corrected chi connectivity index (χ1v) is 11.1. The van der Waals surface area contributed by atoms with Gasteiger partial charge in [0.1, 0.15) is 12.2 Å². The van der Waals surface area contributed by atoms with Crippen LogP contribution in [0.2, 0.25) is 0 Å². The maximum atomic E-state index is 12.5. The van der Waals surface area contributed by atoms with Crippen LogP contribution in [0, 0.1) is 11.8 Å². The number of nitrogens with two attached hydrogens (primary N) is 2. The number of carbonyl (C=O) groups excluding carboxylic acids is 1. The minimum Gasteiger partial charge on any atom is -0.401 e. The van der Waals surface area contributed by atoms with E-state index in [0.29, 0.717) is 19.1 Å². The molecule has 0 aromatic carbocycles. The molecule has 2 aliphatic carbocycles. The zero-order valence-electron chi connectivity index (χ0n) is 16.9. The van der Waals surface area contributed by atoms with Crippen molar-refractivity contribution in [2.75, 3.05) is 13.2 Å². The van der Waals surface area contributed by atoms with Gasteiger partial charge >= 0.3 is 0 Å². The number of hydrazine groups is 1. The molecule has 2 saturated heterocycles. The molecule has 2 saturated carbocycles. The Morgan fingerprint density at radius 3 is 2.43 bits per heavy atom. The maximum absolute atomic E-state index is 12.5. The predicted octanol–water partition coefficient (Wildman–Crippen LogP) is 1.77. The molecule has 2 aliphatic heterocycles. The molecule has 158 valence electrons. The summed E-state index contributed by atoms with van der Waals surface area (Å²) in [6.07, 6.45) is 13.3. The van der Waals surface area contributed by atoms with Crippen molar-refractivity contribution in [3.63, 3.8) is 0 Å². The van der Waals surface area contributed by atoms with Crippen molar-refractivity contribution >= 4 is 5.91 Å². The van der Waals surface area contributed by atoms with Crippen LogP contribution in [0.25, 0.3) is 0 Å². The molecule has 4 aliphatic rings. The molecule has 0 aromatic rings. The Hall–Kier alpha value is -1.31. The van der Waals surface area contributed by atoms with Crippen LogP contribution in [-0.2, 0) is 14.3 Å². The van der Waals surface area contributed by atoms with Gasteiger partial charge in [0.25, 0.3) is 0 Å². The zero-order chi connectivity index (χ0) is 19.5. The average molecular weight is 393 g/mol. The lowest BCUT2D eigenvalue weighted by atomic mass is 9.86. The second kappa shape index (κ2) is 9.01. The van der Waals surface area contributed by atoms with E-state index < -0.39 is 0 Å². The fourth-order valence-corrected chi connectivity index (χ4v) is 5.41. The minimum atomic E-state index is -0.130. The molecule has 1 amide bonds. The van der Waals surface area contributed by atoms with Gasteiger partial charge in [-0.15, -0.1) is 0 Å². The van der Waals surface area contributed by atoms with Gasteiger partial charge in [0.2, 0.25) is 5.91 Å². The van der Waals surface area contributed by atoms with Crippen molar-refractivity contribution in [2.45, 2.75) is 88.5 Å². The topological polar surface area (TPSA) is 103 Å². The van der Waals surface area contributed by atoms with Crippen LogP contribution in [-0.4, -0.2) is 48.4 Å². The van der Waals surface area contributed by atoms with Crippen LogP contribution in [0.5, 0.6) is 0 Å². The first kappa shape index (κ1) is 20.0. The summed E-state index contributed by atoms with van der Waals surface area (Å²) in [4.78, 5) is 12.5. The van der Waals surface area contributed by atoms with Crippen LogP contribution in [0.4, 0.5) is 0 Å². The molecule has 4 unspecified atom stereocenters. The van der Waals surface area contributed by atoms with Gasteiger partial charge in [0, 0.05) is 17.8 Å². The molecule has 0 spiro atoms. The highest BCUT2D eigenvalue weighted by atomic mass is 16.6. The fraction of sp³-hybridized carbons (Fsp3) is 0.857. The summed E-state index contributed by atoms with van der Waals surface area (Å²) in [5.74, 6) is 7.31. The summed E-state index contributed by atoms with van der Waals surface area (Å²) in [5, 5.41) is 4.83. The second-order valence-electron chi connectivity index (χ2n) is 9.12. The minimum absolute atomic E-state index is 0.0664. The number of nitrogens with one attached hydrogen (secondary N) is 1. The van der Waals surface area contributed by atoms with Crippen LogP contribution < -0.4 is 16.9 Å². The van der Waals surface area contributed by atoms with Crippen molar-refractivity contribution in [3.05, 3.63) is 11.9 Å². The summed E-state index contributed by atoms with van der Waals surface area (Å²) >= 11 is 0. The van der Waals surface area contributed by atoms with E-state index >= 15 is 0 Å². The van der Waals surface area contributed by atoms with E-state index in [1.165, 1.54) is 32.1 Å². The van der Waals surface area contributed by atoms with Gasteiger partial charge in [-0.1, -0.05) is 44.9 Å². The number of hydrogen-bond donors (Lipinski definition) is 3. The van der Waals surface area contributed by atoms with Gasteiger partial charge in [-0.25, -0.2) is 5.84 Å². The highest BCUT2D eigenvalue weighted by molar-refractivity contribution is 5.79. The third-order valence-electron chi connectivity index (χ3n) is 7.03. The van der Waals surface area contributed by atoms with E-state index in [2.05, 4.69) is 5.32 Å². The number of carbonyl (C=O) groups is 1. The Kier molecular flexibility index (Phi) is 6.43. The fourth-order valence-electron chi connectivity index (χ4n) is 5.41. The van der Waals surface area contributed by atoms with Gasteiger partial charge in [-0.3, -0.25) is 4.79 Å². The molecule has 4 atom stereocenters. The number of amides is 1. The molecule has 0 radical (unpaired) electrons. The standard InChI is InChI=1S/C21H36N4O3/c22-16(10-14-6-2-1-3-7-14)11-25(23)18-13-28-19-17(12-27-20(18)19)24-21(26)15-8-4-5-9-15/h11,14-15,17-20H,1-10,12-13,22-23H2,(H,24,26)/b16-11-. The summed E-state index contributed by atoms with van der Waals surface area (Å²) in [7, 11) is 0. The number of hydrogen-bond acceptors (Lipinski definition) is 6. The highest BCUT2D eigenvalue weighted by Gasteiger charge is 2.49. The van der Waals surface area contributed by atoms with E-state index in [-0.39, 0.29) is 36.1 Å². The molecular formula is C21H36N4O3. The third-order valence-corrected chi connectivity index (χ3v) is 7.03.